The Kier molecular flexibility index (Phi) is 8.15. The van der Waals surface area contributed by atoms with Crippen LogP contribution in [0.4, 0.5) is 0 Å². The van der Waals surface area contributed by atoms with Crippen LogP contribution in [0.5, 0.6) is 5.75 Å². The Bertz CT molecular complexity index is 368. The third-order valence-corrected chi connectivity index (χ3v) is 4.01. The summed E-state index contributed by atoms with van der Waals surface area (Å²) in [6.07, 6.45) is 7.75. The molecule has 19 heavy (non-hydrogen) atoms. The molecular formula is C16H26BrNO. The van der Waals surface area contributed by atoms with Crippen LogP contribution in [0.3, 0.4) is 0 Å². The number of unbranched alkanes of at least 4 members (excludes halogenated alkanes) is 4. The number of halogens is 1. The van der Waals surface area contributed by atoms with Gasteiger partial charge in [-0.2, -0.15) is 0 Å². The molecule has 1 unspecified atom stereocenters. The first-order valence-electron chi connectivity index (χ1n) is 7.23. The molecule has 108 valence electrons. The lowest BCUT2D eigenvalue weighted by Gasteiger charge is -2.19. The second-order valence-corrected chi connectivity index (χ2v) is 5.85. The second-order valence-electron chi connectivity index (χ2n) is 4.93. The average molecular weight is 328 g/mol. The largest absolute Gasteiger partial charge is 0.496 e. The van der Waals surface area contributed by atoms with E-state index in [1.54, 1.807) is 7.11 Å². The van der Waals surface area contributed by atoms with Crippen LogP contribution in [0.15, 0.2) is 22.7 Å². The van der Waals surface area contributed by atoms with Gasteiger partial charge in [0.05, 0.1) is 7.11 Å². The van der Waals surface area contributed by atoms with Crippen molar-refractivity contribution in [3.63, 3.8) is 0 Å². The molecule has 1 atom stereocenters. The second kappa shape index (κ2) is 9.38. The van der Waals surface area contributed by atoms with E-state index >= 15 is 0 Å². The van der Waals surface area contributed by atoms with Crippen LogP contribution >= 0.6 is 15.9 Å². The molecule has 0 aromatic heterocycles. The van der Waals surface area contributed by atoms with Gasteiger partial charge >= 0.3 is 0 Å². The summed E-state index contributed by atoms with van der Waals surface area (Å²) in [6, 6.07) is 6.58. The van der Waals surface area contributed by atoms with E-state index in [0.29, 0.717) is 6.04 Å². The molecule has 1 rings (SSSR count). The van der Waals surface area contributed by atoms with Crippen LogP contribution in [0.25, 0.3) is 0 Å². The first-order chi connectivity index (χ1) is 9.22. The number of hydrogen-bond acceptors (Lipinski definition) is 2. The molecule has 2 nitrogen and oxygen atoms in total. The lowest BCUT2D eigenvalue weighted by atomic mass is 9.99. The molecule has 3 heteroatoms. The summed E-state index contributed by atoms with van der Waals surface area (Å²) in [5.41, 5.74) is 1.25. The molecule has 0 saturated heterocycles. The first kappa shape index (κ1) is 16.5. The van der Waals surface area contributed by atoms with Crippen molar-refractivity contribution in [3.8, 4) is 5.75 Å². The van der Waals surface area contributed by atoms with Gasteiger partial charge in [-0.15, -0.1) is 0 Å². The van der Waals surface area contributed by atoms with Crippen molar-refractivity contribution in [1.82, 2.24) is 5.32 Å². The minimum absolute atomic E-state index is 0.370. The first-order valence-corrected chi connectivity index (χ1v) is 8.03. The summed E-state index contributed by atoms with van der Waals surface area (Å²) < 4.78 is 6.57. The smallest absolute Gasteiger partial charge is 0.123 e. The molecule has 0 aliphatic carbocycles. The Morgan fingerprint density at radius 1 is 1.21 bits per heavy atom. The van der Waals surface area contributed by atoms with Gasteiger partial charge in [-0.05, 0) is 31.7 Å². The maximum absolute atomic E-state index is 5.47. The third kappa shape index (κ3) is 5.53. The molecule has 0 radical (unpaired) electrons. The Labute approximate surface area is 126 Å². The van der Waals surface area contributed by atoms with Gasteiger partial charge in [0.25, 0.3) is 0 Å². The summed E-state index contributed by atoms with van der Waals surface area (Å²) in [5, 5.41) is 3.41. The van der Waals surface area contributed by atoms with E-state index in [1.807, 2.05) is 19.2 Å². The third-order valence-electron chi connectivity index (χ3n) is 3.51. The molecule has 0 spiro atoms. The highest BCUT2D eigenvalue weighted by Gasteiger charge is 2.14. The van der Waals surface area contributed by atoms with E-state index in [1.165, 1.54) is 37.7 Å². The Morgan fingerprint density at radius 2 is 1.95 bits per heavy atom. The van der Waals surface area contributed by atoms with Gasteiger partial charge in [0, 0.05) is 16.1 Å². The predicted molar refractivity (Wildman–Crippen MR) is 85.9 cm³/mol. The van der Waals surface area contributed by atoms with Crippen molar-refractivity contribution in [2.75, 3.05) is 14.2 Å². The fourth-order valence-corrected chi connectivity index (χ4v) is 2.76. The van der Waals surface area contributed by atoms with E-state index in [9.17, 15) is 0 Å². The molecule has 0 amide bonds. The maximum atomic E-state index is 5.47. The van der Waals surface area contributed by atoms with Gasteiger partial charge in [0.15, 0.2) is 0 Å². The fourth-order valence-electron chi connectivity index (χ4n) is 2.38. The SMILES string of the molecule is CCCCCCCC(NC)c1cc(Br)ccc1OC. The van der Waals surface area contributed by atoms with Crippen LogP contribution < -0.4 is 10.1 Å². The molecular weight excluding hydrogens is 302 g/mol. The average Bonchev–Trinajstić information content (AvgIpc) is 2.43. The molecule has 0 aliphatic heterocycles. The normalized spacial score (nSPS) is 12.4. The van der Waals surface area contributed by atoms with Gasteiger partial charge in [0.1, 0.15) is 5.75 Å². The summed E-state index contributed by atoms with van der Waals surface area (Å²) >= 11 is 3.54. The highest BCUT2D eigenvalue weighted by molar-refractivity contribution is 9.10. The van der Waals surface area contributed by atoms with Crippen LogP contribution in [0.1, 0.15) is 57.1 Å². The number of rotatable bonds is 9. The number of hydrogen-bond donors (Lipinski definition) is 1. The number of nitrogens with one attached hydrogen (secondary N) is 1. The van der Waals surface area contributed by atoms with E-state index in [4.69, 9.17) is 4.74 Å². The standard InChI is InChI=1S/C16H26BrNO/c1-4-5-6-7-8-9-15(18-2)14-12-13(17)10-11-16(14)19-3/h10-12,15,18H,4-9H2,1-3H3. The monoisotopic (exact) mass is 327 g/mol. The van der Waals surface area contributed by atoms with Crippen molar-refractivity contribution in [2.24, 2.45) is 0 Å². The van der Waals surface area contributed by atoms with E-state index in [0.717, 1.165) is 16.6 Å². The van der Waals surface area contributed by atoms with Gasteiger partial charge in [0.2, 0.25) is 0 Å². The molecule has 1 aromatic carbocycles. The molecule has 1 N–H and O–H groups in total. The van der Waals surface area contributed by atoms with E-state index < -0.39 is 0 Å². The van der Waals surface area contributed by atoms with Crippen molar-refractivity contribution < 1.29 is 4.74 Å². The molecule has 1 aromatic rings. The van der Waals surface area contributed by atoms with Crippen LogP contribution in [0, 0.1) is 0 Å². The Hall–Kier alpha value is -0.540. The minimum atomic E-state index is 0.370. The topological polar surface area (TPSA) is 21.3 Å². The lowest BCUT2D eigenvalue weighted by molar-refractivity contribution is 0.396. The molecule has 0 saturated carbocycles. The van der Waals surface area contributed by atoms with Gasteiger partial charge in [-0.3, -0.25) is 0 Å². The Morgan fingerprint density at radius 3 is 2.58 bits per heavy atom. The zero-order chi connectivity index (χ0) is 14.1. The highest BCUT2D eigenvalue weighted by atomic mass is 79.9. The van der Waals surface area contributed by atoms with Crippen LogP contribution in [-0.2, 0) is 0 Å². The summed E-state index contributed by atoms with van der Waals surface area (Å²) in [6.45, 7) is 2.25. The molecule has 0 aliphatic rings. The van der Waals surface area contributed by atoms with Crippen molar-refractivity contribution in [3.05, 3.63) is 28.2 Å². The van der Waals surface area contributed by atoms with Crippen molar-refractivity contribution >= 4 is 15.9 Å². The zero-order valence-corrected chi connectivity index (χ0v) is 13.9. The summed E-state index contributed by atoms with van der Waals surface area (Å²) in [7, 11) is 3.76. The zero-order valence-electron chi connectivity index (χ0n) is 12.3. The van der Waals surface area contributed by atoms with Crippen molar-refractivity contribution in [1.29, 1.82) is 0 Å². The number of benzene rings is 1. The number of ether oxygens (including phenoxy) is 1. The Balaban J connectivity index is 2.60. The van der Waals surface area contributed by atoms with Gasteiger partial charge < -0.3 is 10.1 Å². The van der Waals surface area contributed by atoms with Crippen LogP contribution in [0.2, 0.25) is 0 Å². The lowest BCUT2D eigenvalue weighted by Crippen LogP contribution is -2.17. The quantitative estimate of drug-likeness (QED) is 0.638. The van der Waals surface area contributed by atoms with E-state index in [2.05, 4.69) is 34.2 Å². The van der Waals surface area contributed by atoms with Gasteiger partial charge in [-0.1, -0.05) is 55.0 Å². The molecule has 0 heterocycles. The minimum Gasteiger partial charge on any atom is -0.496 e. The van der Waals surface area contributed by atoms with Crippen LogP contribution in [-0.4, -0.2) is 14.2 Å². The molecule has 0 fully saturated rings. The highest BCUT2D eigenvalue weighted by Crippen LogP contribution is 2.31. The maximum Gasteiger partial charge on any atom is 0.123 e. The predicted octanol–water partition coefficient (Wildman–Crippen LogP) is 5.08. The summed E-state index contributed by atoms with van der Waals surface area (Å²) in [4.78, 5) is 0. The summed E-state index contributed by atoms with van der Waals surface area (Å²) in [5.74, 6) is 0.969. The van der Waals surface area contributed by atoms with Crippen molar-refractivity contribution in [2.45, 2.75) is 51.5 Å². The van der Waals surface area contributed by atoms with Gasteiger partial charge in [-0.25, -0.2) is 0 Å². The number of methoxy groups -OCH3 is 1. The van der Waals surface area contributed by atoms with E-state index in [-0.39, 0.29) is 0 Å². The molecule has 0 bridgehead atoms. The fraction of sp³-hybridized carbons (Fsp3) is 0.625.